The summed E-state index contributed by atoms with van der Waals surface area (Å²) in [6.07, 6.45) is 0.683. The fourth-order valence-electron chi connectivity index (χ4n) is 4.87. The van der Waals surface area contributed by atoms with Crippen LogP contribution in [-0.4, -0.2) is 38.6 Å². The van der Waals surface area contributed by atoms with Crippen LogP contribution in [0.3, 0.4) is 0 Å². The Morgan fingerprint density at radius 2 is 1.74 bits per heavy atom. The number of rotatable bonds is 5. The Kier molecular flexibility index (Phi) is 5.90. The first-order valence-corrected chi connectivity index (χ1v) is 11.4. The molecule has 3 aromatic rings. The quantitative estimate of drug-likeness (QED) is 0.428. The largest absolute Gasteiger partial charge is 0.416 e. The minimum Gasteiger partial charge on any atom is -0.390 e. The normalized spacial score (nSPS) is 19.9. The number of hydrogen-bond donors (Lipinski definition) is 2. The Morgan fingerprint density at radius 1 is 1.00 bits per heavy atom. The molecule has 0 bridgehead atoms. The Morgan fingerprint density at radius 3 is 2.40 bits per heavy atom. The van der Waals surface area contributed by atoms with Gasteiger partial charge in [-0.05, 0) is 62.4 Å². The van der Waals surface area contributed by atoms with Crippen molar-refractivity contribution < 1.29 is 29.9 Å². The van der Waals surface area contributed by atoms with E-state index in [1.54, 1.807) is 6.07 Å². The maximum atomic E-state index is 13.7. The second kappa shape index (κ2) is 8.78. The highest BCUT2D eigenvalue weighted by Gasteiger charge is 2.44. The second-order valence-corrected chi connectivity index (χ2v) is 9.27. The molecule has 2 aromatic carbocycles. The molecular weight excluding hydrogens is 469 g/mol. The summed E-state index contributed by atoms with van der Waals surface area (Å²) in [5.41, 5.74) is -0.951. The zero-order valence-electron chi connectivity index (χ0n) is 18.7. The van der Waals surface area contributed by atoms with E-state index in [1.165, 1.54) is 6.33 Å². The molecule has 6 nitrogen and oxygen atoms in total. The molecule has 0 amide bonds. The molecule has 1 aliphatic carbocycles. The summed E-state index contributed by atoms with van der Waals surface area (Å²) in [4.78, 5) is 5.89. The van der Waals surface area contributed by atoms with E-state index in [2.05, 4.69) is 15.4 Å². The smallest absolute Gasteiger partial charge is 0.390 e. The molecule has 11 heteroatoms. The van der Waals surface area contributed by atoms with E-state index < -0.39 is 29.0 Å². The first-order chi connectivity index (χ1) is 16.6. The number of alkyl halides is 3. The lowest BCUT2D eigenvalue weighted by Gasteiger charge is -2.48. The van der Waals surface area contributed by atoms with Crippen molar-refractivity contribution in [3.63, 3.8) is 0 Å². The maximum Gasteiger partial charge on any atom is 0.416 e. The summed E-state index contributed by atoms with van der Waals surface area (Å²) in [6.45, 7) is 1.07. The van der Waals surface area contributed by atoms with E-state index in [0.29, 0.717) is 18.8 Å². The monoisotopic (exact) mass is 497 g/mol. The Hall–Kier alpha value is -3.21. The average Bonchev–Trinajstić information content (AvgIpc) is 3.24. The standard InChI is InChI=1S/C24H24F5N5O.2H2/c25-17-9-18(26)11-21(10-17)34-14-30-22(32-34)31-19-7-16(24(27,28)29)8-20(12-19)33-6-1-3-15(13-33)23(35)4-2-5-23;;/h7-12,14-15,35H,1-6,13H2,(H,31,32);2*1H. The third-order valence-electron chi connectivity index (χ3n) is 6.87. The summed E-state index contributed by atoms with van der Waals surface area (Å²) in [7, 11) is 0. The molecule has 1 aliphatic heterocycles. The van der Waals surface area contributed by atoms with Crippen molar-refractivity contribution in [2.75, 3.05) is 23.3 Å². The highest BCUT2D eigenvalue weighted by atomic mass is 19.4. The zero-order chi connectivity index (χ0) is 24.8. The number of aliphatic hydroxyl groups is 1. The Labute approximate surface area is 201 Å². The first-order valence-electron chi connectivity index (χ1n) is 11.4. The number of piperidine rings is 1. The van der Waals surface area contributed by atoms with Crippen molar-refractivity contribution in [2.24, 2.45) is 5.92 Å². The molecule has 5 rings (SSSR count). The summed E-state index contributed by atoms with van der Waals surface area (Å²) < 4.78 is 69.3. The van der Waals surface area contributed by atoms with Crippen LogP contribution in [-0.2, 0) is 6.18 Å². The van der Waals surface area contributed by atoms with Gasteiger partial charge in [0, 0.05) is 39.3 Å². The molecule has 2 fully saturated rings. The number of anilines is 3. The van der Waals surface area contributed by atoms with Gasteiger partial charge in [0.05, 0.1) is 16.9 Å². The fraction of sp³-hybridized carbons (Fsp3) is 0.417. The molecule has 1 aromatic heterocycles. The van der Waals surface area contributed by atoms with E-state index in [9.17, 15) is 27.1 Å². The van der Waals surface area contributed by atoms with Crippen molar-refractivity contribution in [1.82, 2.24) is 14.8 Å². The van der Waals surface area contributed by atoms with Gasteiger partial charge in [-0.25, -0.2) is 13.5 Å². The molecule has 1 unspecified atom stereocenters. The van der Waals surface area contributed by atoms with Crippen LogP contribution in [0.25, 0.3) is 5.69 Å². The third kappa shape index (κ3) is 4.95. The van der Waals surface area contributed by atoms with Crippen molar-refractivity contribution in [3.8, 4) is 5.69 Å². The van der Waals surface area contributed by atoms with E-state index in [-0.39, 0.29) is 26.1 Å². The van der Waals surface area contributed by atoms with Crippen molar-refractivity contribution >= 4 is 17.3 Å². The number of benzene rings is 2. The van der Waals surface area contributed by atoms with Gasteiger partial charge in [-0.15, -0.1) is 5.10 Å². The molecule has 2 N–H and O–H groups in total. The number of hydrogen-bond acceptors (Lipinski definition) is 5. The van der Waals surface area contributed by atoms with Gasteiger partial charge in [0.25, 0.3) is 0 Å². The molecule has 1 atom stereocenters. The molecule has 2 heterocycles. The van der Waals surface area contributed by atoms with E-state index in [1.807, 2.05) is 4.90 Å². The summed E-state index contributed by atoms with van der Waals surface area (Å²) in [5, 5.41) is 17.6. The first kappa shape index (κ1) is 23.5. The van der Waals surface area contributed by atoms with Crippen molar-refractivity contribution in [3.05, 3.63) is 59.9 Å². The maximum absolute atomic E-state index is 13.7. The SMILES string of the molecule is OC1(C2CCCN(c3cc(Nc4ncn(-c5cc(F)cc(F)c5)n4)cc(C(F)(F)F)c3)C2)CCC1.[HH].[HH]. The Bertz CT molecular complexity index is 1210. The second-order valence-electron chi connectivity index (χ2n) is 9.27. The minimum absolute atomic E-state index is 0. The minimum atomic E-state index is -4.57. The molecular formula is C24H28F5N5O. The van der Waals surface area contributed by atoms with Crippen LogP contribution in [0, 0.1) is 17.6 Å². The average molecular weight is 498 g/mol. The topological polar surface area (TPSA) is 66.2 Å². The lowest BCUT2D eigenvalue weighted by atomic mass is 9.68. The highest BCUT2D eigenvalue weighted by Crippen LogP contribution is 2.43. The van der Waals surface area contributed by atoms with Gasteiger partial charge in [0.1, 0.15) is 18.0 Å². The van der Waals surface area contributed by atoms with Gasteiger partial charge in [0.15, 0.2) is 0 Å². The summed E-state index contributed by atoms with van der Waals surface area (Å²) in [6, 6.07) is 6.51. The predicted molar refractivity (Wildman–Crippen MR) is 124 cm³/mol. The molecule has 190 valence electrons. The number of halogens is 5. The van der Waals surface area contributed by atoms with Crippen LogP contribution in [0.15, 0.2) is 42.7 Å². The van der Waals surface area contributed by atoms with Crippen LogP contribution in [0.1, 0.15) is 40.5 Å². The van der Waals surface area contributed by atoms with E-state index in [0.717, 1.165) is 67.1 Å². The van der Waals surface area contributed by atoms with Crippen molar-refractivity contribution in [1.29, 1.82) is 0 Å². The number of nitrogens with zero attached hydrogens (tertiary/aromatic N) is 4. The van der Waals surface area contributed by atoms with E-state index in [4.69, 9.17) is 0 Å². The molecule has 35 heavy (non-hydrogen) atoms. The van der Waals surface area contributed by atoms with Gasteiger partial charge in [0.2, 0.25) is 5.95 Å². The van der Waals surface area contributed by atoms with Gasteiger partial charge in [-0.3, -0.25) is 0 Å². The molecule has 0 spiro atoms. The van der Waals surface area contributed by atoms with Crippen LogP contribution in [0.5, 0.6) is 0 Å². The summed E-state index contributed by atoms with van der Waals surface area (Å²) in [5.74, 6) is -1.60. The lowest BCUT2D eigenvalue weighted by Crippen LogP contribution is -2.51. The van der Waals surface area contributed by atoms with Crippen molar-refractivity contribution in [2.45, 2.75) is 43.9 Å². The highest BCUT2D eigenvalue weighted by molar-refractivity contribution is 5.64. The van der Waals surface area contributed by atoms with Gasteiger partial charge in [-0.2, -0.15) is 18.2 Å². The van der Waals surface area contributed by atoms with Crippen LogP contribution < -0.4 is 10.2 Å². The molecule has 1 saturated carbocycles. The van der Waals surface area contributed by atoms with Gasteiger partial charge < -0.3 is 15.3 Å². The van der Waals surface area contributed by atoms with Crippen LogP contribution in [0.2, 0.25) is 0 Å². The van der Waals surface area contributed by atoms with Crippen LogP contribution in [0.4, 0.5) is 39.3 Å². The fourth-order valence-corrected chi connectivity index (χ4v) is 4.87. The molecule has 0 radical (unpaired) electrons. The summed E-state index contributed by atoms with van der Waals surface area (Å²) >= 11 is 0. The number of nitrogens with one attached hydrogen (secondary N) is 1. The van der Waals surface area contributed by atoms with E-state index >= 15 is 0 Å². The molecule has 2 aliphatic rings. The third-order valence-corrected chi connectivity index (χ3v) is 6.87. The lowest BCUT2D eigenvalue weighted by molar-refractivity contribution is -0.137. The number of aromatic nitrogens is 3. The van der Waals surface area contributed by atoms with Gasteiger partial charge in [-0.1, -0.05) is 0 Å². The van der Waals surface area contributed by atoms with Crippen LogP contribution >= 0.6 is 0 Å². The Balaban J connectivity index is 0.00000190. The zero-order valence-corrected chi connectivity index (χ0v) is 18.7. The van der Waals surface area contributed by atoms with Gasteiger partial charge >= 0.3 is 6.18 Å². The predicted octanol–water partition coefficient (Wildman–Crippen LogP) is 5.93. The molecule has 1 saturated heterocycles.